The molecule has 1 aromatic heterocycles. The summed E-state index contributed by atoms with van der Waals surface area (Å²) in [6.45, 7) is 17.3. The molecule has 0 N–H and O–H groups in total. The third-order valence-corrected chi connectivity index (χ3v) is 11.4. The smallest absolute Gasteiger partial charge is 0.410 e. The van der Waals surface area contributed by atoms with E-state index < -0.39 is 13.9 Å². The zero-order chi connectivity index (χ0) is 21.5. The number of aromatic nitrogens is 1. The molecule has 0 bridgehead atoms. The van der Waals surface area contributed by atoms with Crippen LogP contribution in [-0.2, 0) is 9.16 Å². The van der Waals surface area contributed by atoms with Gasteiger partial charge in [0, 0.05) is 33.9 Å². The first-order valence-corrected chi connectivity index (χ1v) is 13.8. The highest BCUT2D eigenvalue weighted by atomic mass is 79.9. The number of nitrogens with zero attached hydrogens (tertiary/aromatic N) is 2. The number of pyridine rings is 1. The largest absolute Gasteiger partial charge is 0.444 e. The molecule has 5 nitrogen and oxygen atoms in total. The van der Waals surface area contributed by atoms with Crippen molar-refractivity contribution < 1.29 is 14.0 Å². The number of hydrogen-bond donors (Lipinski definition) is 1. The Morgan fingerprint density at radius 1 is 1.25 bits per heavy atom. The Bertz CT molecular complexity index is 731. The first-order chi connectivity index (χ1) is 12.6. The number of hydrogen-bond acceptors (Lipinski definition) is 5. The summed E-state index contributed by atoms with van der Waals surface area (Å²) in [6.07, 6.45) is 3.83. The Balaban J connectivity index is 2.34. The fourth-order valence-corrected chi connectivity index (χ4v) is 4.95. The van der Waals surface area contributed by atoms with Crippen molar-refractivity contribution in [3.8, 4) is 0 Å². The van der Waals surface area contributed by atoms with Gasteiger partial charge in [-0.2, -0.15) is 0 Å². The molecule has 1 saturated heterocycles. The van der Waals surface area contributed by atoms with Gasteiger partial charge >= 0.3 is 6.09 Å². The molecular weight excluding hydrogens is 456 g/mol. The van der Waals surface area contributed by atoms with E-state index in [1.54, 1.807) is 17.3 Å². The topological polar surface area (TPSA) is 51.7 Å². The molecule has 1 amide bonds. The van der Waals surface area contributed by atoms with Crippen molar-refractivity contribution in [3.05, 3.63) is 22.4 Å². The maximum Gasteiger partial charge on any atom is 0.410 e. The number of carbonyl (C=O) groups excluding carboxylic acids is 1. The Kier molecular flexibility index (Phi) is 7.01. The minimum absolute atomic E-state index is 0.0369. The molecule has 158 valence electrons. The fraction of sp³-hybridized carbons (Fsp3) is 0.700. The minimum Gasteiger partial charge on any atom is -0.444 e. The van der Waals surface area contributed by atoms with E-state index in [9.17, 15) is 4.79 Å². The van der Waals surface area contributed by atoms with Gasteiger partial charge < -0.3 is 9.16 Å². The van der Waals surface area contributed by atoms with Crippen LogP contribution in [0.15, 0.2) is 21.8 Å². The van der Waals surface area contributed by atoms with E-state index in [0.717, 1.165) is 14.9 Å². The van der Waals surface area contributed by atoms with Crippen LogP contribution in [-0.4, -0.2) is 42.5 Å². The van der Waals surface area contributed by atoms with Crippen molar-refractivity contribution in [2.24, 2.45) is 0 Å². The molecule has 0 aromatic carbocycles. The number of rotatable bonds is 3. The molecule has 1 fully saturated rings. The molecule has 28 heavy (non-hydrogen) atoms. The average Bonchev–Trinajstić information content (AvgIpc) is 2.90. The van der Waals surface area contributed by atoms with Crippen molar-refractivity contribution in [1.82, 2.24) is 9.88 Å². The van der Waals surface area contributed by atoms with E-state index in [1.807, 2.05) is 20.8 Å². The van der Waals surface area contributed by atoms with Gasteiger partial charge in [-0.05, 0) is 61.3 Å². The van der Waals surface area contributed by atoms with E-state index in [2.05, 4.69) is 67.4 Å². The van der Waals surface area contributed by atoms with Crippen LogP contribution in [0.4, 0.5) is 4.79 Å². The van der Waals surface area contributed by atoms with Crippen molar-refractivity contribution in [2.45, 2.75) is 88.7 Å². The summed E-state index contributed by atoms with van der Waals surface area (Å²) >= 11 is 8.14. The van der Waals surface area contributed by atoms with Crippen LogP contribution in [0.25, 0.3) is 0 Å². The van der Waals surface area contributed by atoms with E-state index in [1.165, 1.54) is 0 Å². The van der Waals surface area contributed by atoms with Gasteiger partial charge in [0.25, 0.3) is 0 Å². The van der Waals surface area contributed by atoms with Gasteiger partial charge in [0.15, 0.2) is 8.32 Å². The summed E-state index contributed by atoms with van der Waals surface area (Å²) in [6, 6.07) is -0.179. The zero-order valence-corrected chi connectivity index (χ0v) is 21.6. The van der Waals surface area contributed by atoms with Crippen LogP contribution in [0, 0.1) is 0 Å². The van der Waals surface area contributed by atoms with Crippen molar-refractivity contribution in [2.75, 3.05) is 6.54 Å². The first-order valence-electron chi connectivity index (χ1n) is 9.62. The highest BCUT2D eigenvalue weighted by molar-refractivity contribution is 9.10. The van der Waals surface area contributed by atoms with Crippen molar-refractivity contribution >= 4 is 43.0 Å². The second kappa shape index (κ2) is 8.28. The number of halogens is 1. The van der Waals surface area contributed by atoms with Crippen LogP contribution in [0.1, 0.15) is 59.6 Å². The van der Waals surface area contributed by atoms with E-state index >= 15 is 0 Å². The lowest BCUT2D eigenvalue weighted by Crippen LogP contribution is -2.45. The molecule has 1 aliphatic rings. The van der Waals surface area contributed by atoms with Gasteiger partial charge in [-0.3, -0.25) is 9.88 Å². The number of thiol groups is 1. The van der Waals surface area contributed by atoms with Gasteiger partial charge in [-0.15, -0.1) is 12.6 Å². The molecule has 2 rings (SSSR count). The summed E-state index contributed by atoms with van der Waals surface area (Å²) in [7, 11) is -1.96. The summed E-state index contributed by atoms with van der Waals surface area (Å²) in [5.74, 6) is 0. The second-order valence-corrected chi connectivity index (χ2v) is 16.0. The predicted molar refractivity (Wildman–Crippen MR) is 122 cm³/mol. The lowest BCUT2D eigenvalue weighted by Gasteiger charge is -2.38. The van der Waals surface area contributed by atoms with Crippen LogP contribution in [0.5, 0.6) is 0 Å². The molecule has 0 saturated carbocycles. The van der Waals surface area contributed by atoms with Crippen LogP contribution in [0.2, 0.25) is 18.1 Å². The fourth-order valence-electron chi connectivity index (χ4n) is 2.98. The van der Waals surface area contributed by atoms with Crippen LogP contribution >= 0.6 is 28.6 Å². The number of carbonyl (C=O) groups is 1. The van der Waals surface area contributed by atoms with Gasteiger partial charge in [0.1, 0.15) is 5.60 Å². The number of ether oxygens (including phenoxy) is 1. The molecule has 1 aromatic rings. The average molecular weight is 490 g/mol. The third-order valence-electron chi connectivity index (χ3n) is 5.42. The first kappa shape index (κ1) is 23.7. The minimum atomic E-state index is -1.96. The number of likely N-dealkylation sites (tertiary alicyclic amines) is 1. The Morgan fingerprint density at radius 2 is 1.86 bits per heavy atom. The van der Waals surface area contributed by atoms with Gasteiger partial charge in [-0.1, -0.05) is 20.8 Å². The lowest BCUT2D eigenvalue weighted by molar-refractivity contribution is 0.0207. The van der Waals surface area contributed by atoms with E-state index in [0.29, 0.717) is 13.0 Å². The maximum absolute atomic E-state index is 13.0. The van der Waals surface area contributed by atoms with Gasteiger partial charge in [0.2, 0.25) is 0 Å². The Hall–Kier alpha value is -0.573. The van der Waals surface area contributed by atoms with Crippen LogP contribution in [0.3, 0.4) is 0 Å². The lowest BCUT2D eigenvalue weighted by atomic mass is 10.1. The zero-order valence-electron chi connectivity index (χ0n) is 18.2. The monoisotopic (exact) mass is 488 g/mol. The molecular formula is C20H33BrN2O3SSi. The molecule has 0 aliphatic carbocycles. The van der Waals surface area contributed by atoms with E-state index in [4.69, 9.17) is 9.16 Å². The van der Waals surface area contributed by atoms with Gasteiger partial charge in [0.05, 0.1) is 12.1 Å². The Morgan fingerprint density at radius 3 is 2.39 bits per heavy atom. The highest BCUT2D eigenvalue weighted by Gasteiger charge is 2.45. The predicted octanol–water partition coefficient (Wildman–Crippen LogP) is 6.21. The SMILES string of the molecule is CC(C)(C)OC(=O)N1CC(O[Si](C)(C)C(C)(C)C)C[C@H]1c1cncc(Br)c1S. The molecule has 8 heteroatoms. The van der Waals surface area contributed by atoms with Crippen LogP contribution < -0.4 is 0 Å². The summed E-state index contributed by atoms with van der Waals surface area (Å²) < 4.78 is 13.1. The maximum atomic E-state index is 13.0. The summed E-state index contributed by atoms with van der Waals surface area (Å²) in [5, 5.41) is 0.105. The molecule has 2 atom stereocenters. The molecule has 1 aliphatic heterocycles. The van der Waals surface area contributed by atoms with Crippen molar-refractivity contribution in [3.63, 3.8) is 0 Å². The third kappa shape index (κ3) is 5.52. The summed E-state index contributed by atoms with van der Waals surface area (Å²) in [4.78, 5) is 19.8. The van der Waals surface area contributed by atoms with Crippen molar-refractivity contribution in [1.29, 1.82) is 0 Å². The molecule has 2 heterocycles. The molecule has 1 unspecified atom stereocenters. The highest BCUT2D eigenvalue weighted by Crippen LogP contribution is 2.43. The number of amides is 1. The standard InChI is InChI=1S/C20H33BrN2O3SSi/c1-19(2,3)25-18(24)23-12-13(26-28(7,8)20(4,5)6)9-16(23)14-10-22-11-15(21)17(14)27/h10-11,13,16H,9,12H2,1-8H3,(H,22,27)/t13?,16-/m0/s1. The normalized spacial score (nSPS) is 21.1. The van der Waals surface area contributed by atoms with Gasteiger partial charge in [-0.25, -0.2) is 4.79 Å². The quantitative estimate of drug-likeness (QED) is 0.406. The summed E-state index contributed by atoms with van der Waals surface area (Å²) in [5.41, 5.74) is 0.351. The Labute approximate surface area is 184 Å². The molecule has 0 spiro atoms. The van der Waals surface area contributed by atoms with E-state index in [-0.39, 0.29) is 23.3 Å². The molecule has 0 radical (unpaired) electrons. The second-order valence-electron chi connectivity index (χ2n) is 9.94.